The van der Waals surface area contributed by atoms with E-state index < -0.39 is 0 Å². The summed E-state index contributed by atoms with van der Waals surface area (Å²) in [5.74, 6) is 0.801. The maximum Gasteiger partial charge on any atom is 0.266 e. The van der Waals surface area contributed by atoms with Crippen molar-refractivity contribution in [1.29, 1.82) is 0 Å². The van der Waals surface area contributed by atoms with Crippen molar-refractivity contribution in [3.05, 3.63) is 18.3 Å². The summed E-state index contributed by atoms with van der Waals surface area (Å²) >= 11 is 0. The largest absolute Gasteiger partial charge is 0.480 e. The zero-order valence-electron chi connectivity index (χ0n) is 15.1. The lowest BCUT2D eigenvalue weighted by Gasteiger charge is -2.39. The van der Waals surface area contributed by atoms with E-state index in [1.807, 2.05) is 4.90 Å². The summed E-state index contributed by atoms with van der Waals surface area (Å²) in [7, 11) is 0. The zero-order chi connectivity index (χ0) is 17.8. The monoisotopic (exact) mass is 343 g/mol. The Morgan fingerprint density at radius 2 is 2.16 bits per heavy atom. The third-order valence-electron chi connectivity index (χ3n) is 5.69. The van der Waals surface area contributed by atoms with Gasteiger partial charge in [0, 0.05) is 18.8 Å². The third kappa shape index (κ3) is 2.87. The molecule has 1 aromatic rings. The van der Waals surface area contributed by atoms with Gasteiger partial charge in [-0.15, -0.1) is 0 Å². The molecule has 2 fully saturated rings. The van der Waals surface area contributed by atoms with Crippen molar-refractivity contribution in [3.8, 4) is 5.75 Å². The first-order valence-corrected chi connectivity index (χ1v) is 8.94. The number of hydrogen-bond acceptors (Lipinski definition) is 4. The van der Waals surface area contributed by atoms with Gasteiger partial charge in [-0.25, -0.2) is 4.98 Å². The highest BCUT2D eigenvalue weighted by Crippen LogP contribution is 2.52. The highest BCUT2D eigenvalue weighted by molar-refractivity contribution is 6.01. The molecule has 1 saturated heterocycles. The molecular formula is C19H25N3O3. The van der Waals surface area contributed by atoms with E-state index >= 15 is 0 Å². The van der Waals surface area contributed by atoms with Crippen LogP contribution in [0.15, 0.2) is 18.3 Å². The van der Waals surface area contributed by atoms with E-state index in [0.717, 1.165) is 25.8 Å². The molecular weight excluding hydrogens is 318 g/mol. The Kier molecular flexibility index (Phi) is 3.56. The number of hydrogen-bond donors (Lipinski definition) is 0. The number of fused-ring (bicyclic) bond motifs is 3. The summed E-state index contributed by atoms with van der Waals surface area (Å²) in [6.45, 7) is 7.64. The van der Waals surface area contributed by atoms with Crippen LogP contribution in [0.5, 0.6) is 5.75 Å². The van der Waals surface area contributed by atoms with E-state index in [2.05, 4.69) is 25.8 Å². The normalized spacial score (nSPS) is 30.0. The van der Waals surface area contributed by atoms with Crippen LogP contribution in [0.3, 0.4) is 0 Å². The van der Waals surface area contributed by atoms with Gasteiger partial charge in [0.1, 0.15) is 6.54 Å². The minimum Gasteiger partial charge on any atom is -0.480 e. The van der Waals surface area contributed by atoms with Crippen molar-refractivity contribution in [1.82, 2.24) is 9.88 Å². The fourth-order valence-electron chi connectivity index (χ4n) is 5.17. The highest BCUT2D eigenvalue weighted by atomic mass is 16.5. The predicted molar refractivity (Wildman–Crippen MR) is 93.3 cm³/mol. The van der Waals surface area contributed by atoms with Crippen LogP contribution in [0.25, 0.3) is 0 Å². The van der Waals surface area contributed by atoms with E-state index in [9.17, 15) is 9.59 Å². The molecule has 1 aromatic heterocycles. The van der Waals surface area contributed by atoms with Gasteiger partial charge in [0.25, 0.3) is 5.91 Å². The Bertz CT molecular complexity index is 732. The number of aromatic nitrogens is 1. The first kappa shape index (κ1) is 16.4. The van der Waals surface area contributed by atoms with Crippen LogP contribution >= 0.6 is 0 Å². The molecule has 0 radical (unpaired) electrons. The Labute approximate surface area is 148 Å². The molecule has 6 heteroatoms. The van der Waals surface area contributed by atoms with Gasteiger partial charge >= 0.3 is 0 Å². The van der Waals surface area contributed by atoms with Gasteiger partial charge in [0.2, 0.25) is 5.91 Å². The maximum absolute atomic E-state index is 13.0. The topological polar surface area (TPSA) is 62.7 Å². The van der Waals surface area contributed by atoms with Crippen molar-refractivity contribution in [2.24, 2.45) is 10.8 Å². The Hall–Kier alpha value is -2.11. The second-order valence-corrected chi connectivity index (χ2v) is 8.83. The standard InChI is InChI=1S/C19H25N3O3/c1-18(2)7-13-8-19(3,11-18)12-22(13)15(23)9-21-16(24)10-25-14-5-4-6-20-17(14)21/h4-6,13H,7-12H2,1-3H3. The smallest absolute Gasteiger partial charge is 0.266 e. The van der Waals surface area contributed by atoms with Gasteiger partial charge in [0.15, 0.2) is 18.2 Å². The van der Waals surface area contributed by atoms with E-state index in [-0.39, 0.29) is 41.8 Å². The first-order chi connectivity index (χ1) is 11.8. The van der Waals surface area contributed by atoms with E-state index in [0.29, 0.717) is 11.6 Å². The van der Waals surface area contributed by atoms with Crippen LogP contribution < -0.4 is 9.64 Å². The Balaban J connectivity index is 1.54. The maximum atomic E-state index is 13.0. The molecule has 134 valence electrons. The molecule has 2 atom stereocenters. The predicted octanol–water partition coefficient (Wildman–Crippen LogP) is 2.23. The molecule has 0 spiro atoms. The van der Waals surface area contributed by atoms with Gasteiger partial charge in [-0.3, -0.25) is 14.5 Å². The van der Waals surface area contributed by atoms with Crippen LogP contribution in [0.2, 0.25) is 0 Å². The fraction of sp³-hybridized carbons (Fsp3) is 0.632. The SMILES string of the molecule is CC1(C)CC2CC(C)(CN2C(=O)CN2C(=O)COc3cccnc32)C1. The minimum atomic E-state index is -0.215. The molecule has 25 heavy (non-hydrogen) atoms. The summed E-state index contributed by atoms with van der Waals surface area (Å²) in [4.78, 5) is 33.0. The lowest BCUT2D eigenvalue weighted by molar-refractivity contribution is -0.133. The van der Waals surface area contributed by atoms with Gasteiger partial charge in [-0.2, -0.15) is 0 Å². The summed E-state index contributed by atoms with van der Waals surface area (Å²) in [6, 6.07) is 3.82. The highest BCUT2D eigenvalue weighted by Gasteiger charge is 2.51. The van der Waals surface area contributed by atoms with Crippen LogP contribution in [-0.2, 0) is 9.59 Å². The van der Waals surface area contributed by atoms with E-state index in [1.165, 1.54) is 4.90 Å². The number of rotatable bonds is 2. The molecule has 2 amide bonds. The van der Waals surface area contributed by atoms with Crippen molar-refractivity contribution >= 4 is 17.6 Å². The van der Waals surface area contributed by atoms with Crippen LogP contribution in [0.4, 0.5) is 5.82 Å². The van der Waals surface area contributed by atoms with Crippen LogP contribution in [0.1, 0.15) is 40.0 Å². The summed E-state index contributed by atoms with van der Waals surface area (Å²) in [5.41, 5.74) is 0.447. The molecule has 2 unspecified atom stereocenters. The summed E-state index contributed by atoms with van der Waals surface area (Å²) in [5, 5.41) is 0. The molecule has 2 bridgehead atoms. The zero-order valence-corrected chi connectivity index (χ0v) is 15.1. The molecule has 2 aliphatic heterocycles. The molecule has 6 nitrogen and oxygen atoms in total. The molecule has 3 aliphatic rings. The summed E-state index contributed by atoms with van der Waals surface area (Å²) < 4.78 is 5.41. The van der Waals surface area contributed by atoms with Crippen molar-refractivity contribution < 1.29 is 14.3 Å². The number of carbonyl (C=O) groups is 2. The van der Waals surface area contributed by atoms with Crippen molar-refractivity contribution in [3.63, 3.8) is 0 Å². The Morgan fingerprint density at radius 3 is 2.96 bits per heavy atom. The first-order valence-electron chi connectivity index (χ1n) is 8.94. The second-order valence-electron chi connectivity index (χ2n) is 8.83. The number of amides is 2. The molecule has 0 N–H and O–H groups in total. The third-order valence-corrected chi connectivity index (χ3v) is 5.69. The van der Waals surface area contributed by atoms with Gasteiger partial charge in [-0.1, -0.05) is 20.8 Å². The molecule has 4 rings (SSSR count). The van der Waals surface area contributed by atoms with Crippen molar-refractivity contribution in [2.75, 3.05) is 24.6 Å². The number of carbonyl (C=O) groups excluding carboxylic acids is 2. The number of pyridine rings is 1. The fourth-order valence-corrected chi connectivity index (χ4v) is 5.17. The molecule has 1 aliphatic carbocycles. The number of likely N-dealkylation sites (tertiary alicyclic amines) is 1. The molecule has 0 aromatic carbocycles. The molecule has 3 heterocycles. The van der Waals surface area contributed by atoms with E-state index in [4.69, 9.17) is 4.74 Å². The van der Waals surface area contributed by atoms with Gasteiger partial charge in [-0.05, 0) is 42.2 Å². The number of ether oxygens (including phenoxy) is 1. The number of nitrogens with zero attached hydrogens (tertiary/aromatic N) is 3. The molecule has 1 saturated carbocycles. The van der Waals surface area contributed by atoms with Gasteiger partial charge < -0.3 is 9.64 Å². The van der Waals surface area contributed by atoms with Crippen LogP contribution in [0, 0.1) is 10.8 Å². The number of anilines is 1. The minimum absolute atomic E-state index is 0.0123. The van der Waals surface area contributed by atoms with Gasteiger partial charge in [0.05, 0.1) is 0 Å². The van der Waals surface area contributed by atoms with Crippen molar-refractivity contribution in [2.45, 2.75) is 46.1 Å². The average Bonchev–Trinajstić information content (AvgIpc) is 2.79. The lowest BCUT2D eigenvalue weighted by atomic mass is 9.65. The average molecular weight is 343 g/mol. The second kappa shape index (κ2) is 5.44. The summed E-state index contributed by atoms with van der Waals surface area (Å²) in [6.07, 6.45) is 4.85. The van der Waals surface area contributed by atoms with E-state index in [1.54, 1.807) is 18.3 Å². The Morgan fingerprint density at radius 1 is 1.36 bits per heavy atom. The van der Waals surface area contributed by atoms with Crippen LogP contribution in [-0.4, -0.2) is 47.4 Å². The quantitative estimate of drug-likeness (QED) is 0.826. The lowest BCUT2D eigenvalue weighted by Crippen LogP contribution is -2.48.